The minimum Gasteiger partial charge on any atom is -0.461 e. The van der Waals surface area contributed by atoms with Crippen molar-refractivity contribution in [2.24, 2.45) is 0 Å². The van der Waals surface area contributed by atoms with Crippen LogP contribution >= 0.6 is 15.9 Å². The van der Waals surface area contributed by atoms with E-state index in [-0.39, 0.29) is 30.5 Å². The van der Waals surface area contributed by atoms with E-state index < -0.39 is 61.5 Å². The molecule has 0 amide bonds. The van der Waals surface area contributed by atoms with Crippen molar-refractivity contribution >= 4 is 32.0 Å². The second-order valence-electron chi connectivity index (χ2n) is 7.09. The van der Waals surface area contributed by atoms with Gasteiger partial charge in [0.1, 0.15) is 4.90 Å². The van der Waals surface area contributed by atoms with E-state index in [1.807, 2.05) is 0 Å². The minimum atomic E-state index is -5.45. The van der Waals surface area contributed by atoms with Gasteiger partial charge >= 0.3 is 28.4 Å². The molecule has 1 heterocycles. The van der Waals surface area contributed by atoms with Crippen molar-refractivity contribution in [3.63, 3.8) is 0 Å². The van der Waals surface area contributed by atoms with Crippen LogP contribution in [-0.4, -0.2) is 30.8 Å². The van der Waals surface area contributed by atoms with Gasteiger partial charge in [0.2, 0.25) is 5.69 Å². The number of hydrogen-bond acceptors (Lipinski definition) is 7. The number of benzene rings is 2. The molecule has 0 saturated carbocycles. The highest BCUT2D eigenvalue weighted by molar-refractivity contribution is 9.10. The van der Waals surface area contributed by atoms with Crippen LogP contribution in [0.25, 0.3) is 5.69 Å². The van der Waals surface area contributed by atoms with E-state index in [2.05, 4.69) is 25.2 Å². The summed E-state index contributed by atoms with van der Waals surface area (Å²) >= 11 is 3.18. The minimum absolute atomic E-state index is 0.0786. The number of halogens is 7. The van der Waals surface area contributed by atoms with Crippen molar-refractivity contribution in [3.05, 3.63) is 80.2 Å². The number of nitrogens with zero attached hydrogens (tertiary/aromatic N) is 2. The van der Waals surface area contributed by atoms with Gasteiger partial charge in [-0.1, -0.05) is 22.0 Å². The van der Waals surface area contributed by atoms with Crippen LogP contribution in [0.1, 0.15) is 28.5 Å². The zero-order valence-corrected chi connectivity index (χ0v) is 20.6. The van der Waals surface area contributed by atoms with Crippen molar-refractivity contribution in [1.29, 1.82) is 0 Å². The summed E-state index contributed by atoms with van der Waals surface area (Å²) in [5.74, 6) is -2.35. The summed E-state index contributed by atoms with van der Waals surface area (Å²) in [5, 5.41) is 3.75. The van der Waals surface area contributed by atoms with Crippen LogP contribution in [0, 0.1) is 0 Å². The Morgan fingerprint density at radius 3 is 2.11 bits per heavy atom. The molecule has 2 aromatic carbocycles. The fraction of sp³-hybridized carbons (Fsp3) is 0.190. The van der Waals surface area contributed by atoms with Crippen LogP contribution in [0.2, 0.25) is 0 Å². The van der Waals surface area contributed by atoms with Crippen LogP contribution in [0.3, 0.4) is 0 Å². The molecule has 0 aliphatic carbocycles. The van der Waals surface area contributed by atoms with E-state index in [9.17, 15) is 44.3 Å². The number of ether oxygens (including phenoxy) is 1. The predicted octanol–water partition coefficient (Wildman–Crippen LogP) is 4.98. The highest BCUT2D eigenvalue weighted by Gasteiger charge is 2.39. The zero-order chi connectivity index (χ0) is 27.8. The topological polar surface area (TPSA) is 105 Å². The van der Waals surface area contributed by atoms with E-state index in [4.69, 9.17) is 4.74 Å². The molecule has 16 heteroatoms. The van der Waals surface area contributed by atoms with Crippen molar-refractivity contribution in [2.45, 2.75) is 24.2 Å². The molecule has 0 aliphatic heterocycles. The number of hydrogen-bond donors (Lipinski definition) is 0. The van der Waals surface area contributed by atoms with Crippen molar-refractivity contribution in [2.75, 3.05) is 6.61 Å². The van der Waals surface area contributed by atoms with Gasteiger partial charge in [-0.3, -0.25) is 4.79 Å². The summed E-state index contributed by atoms with van der Waals surface area (Å²) in [6, 6.07) is 6.00. The Balaban J connectivity index is 2.18. The lowest BCUT2D eigenvalue weighted by Crippen LogP contribution is -2.26. The summed E-state index contributed by atoms with van der Waals surface area (Å²) < 4.78 is 115. The third-order valence-electron chi connectivity index (χ3n) is 4.47. The highest BCUT2D eigenvalue weighted by Crippen LogP contribution is 2.37. The lowest BCUT2D eigenvalue weighted by molar-refractivity contribution is -0.143. The maximum Gasteiger partial charge on any atom is 0.416 e. The van der Waals surface area contributed by atoms with Gasteiger partial charge in [0.05, 0.1) is 29.5 Å². The quantitative estimate of drug-likeness (QED) is 0.219. The van der Waals surface area contributed by atoms with Crippen molar-refractivity contribution < 1.29 is 48.5 Å². The monoisotopic (exact) mass is 614 g/mol. The van der Waals surface area contributed by atoms with E-state index in [0.717, 1.165) is 0 Å². The Labute approximate surface area is 212 Å². The van der Waals surface area contributed by atoms with Gasteiger partial charge < -0.3 is 8.92 Å². The SMILES string of the molecule is CCOC(=O)c1nn(-c2cccc(Br)c2)c(=O)cc1OS(=O)(=O)c1cc(C(F)(F)F)cc(C(F)(F)F)c1. The van der Waals surface area contributed by atoms with E-state index in [1.54, 1.807) is 6.07 Å². The number of rotatable bonds is 6. The van der Waals surface area contributed by atoms with Gasteiger partial charge in [-0.25, -0.2) is 4.79 Å². The van der Waals surface area contributed by atoms with Gasteiger partial charge in [0.15, 0.2) is 5.75 Å². The second-order valence-corrected chi connectivity index (χ2v) is 9.55. The molecule has 37 heavy (non-hydrogen) atoms. The molecule has 0 atom stereocenters. The molecule has 3 rings (SSSR count). The highest BCUT2D eigenvalue weighted by atomic mass is 79.9. The molecule has 1 aromatic heterocycles. The second kappa shape index (κ2) is 10.2. The number of carbonyl (C=O) groups is 1. The normalized spacial score (nSPS) is 12.3. The summed E-state index contributed by atoms with van der Waals surface area (Å²) in [4.78, 5) is 23.6. The molecular formula is C21H13BrF6N2O6S. The van der Waals surface area contributed by atoms with E-state index in [1.165, 1.54) is 25.1 Å². The van der Waals surface area contributed by atoms with Crippen molar-refractivity contribution in [3.8, 4) is 11.4 Å². The van der Waals surface area contributed by atoms with Gasteiger partial charge in [-0.15, -0.1) is 0 Å². The molecule has 8 nitrogen and oxygen atoms in total. The molecule has 3 aromatic rings. The molecule has 0 radical (unpaired) electrons. The summed E-state index contributed by atoms with van der Waals surface area (Å²) in [6.07, 6.45) is -10.7. The van der Waals surface area contributed by atoms with Gasteiger partial charge in [-0.2, -0.15) is 44.5 Å². The molecular weight excluding hydrogens is 602 g/mol. The molecule has 0 aliphatic rings. The Hall–Kier alpha value is -3.40. The molecule has 0 unspecified atom stereocenters. The fourth-order valence-electron chi connectivity index (χ4n) is 2.87. The smallest absolute Gasteiger partial charge is 0.416 e. The van der Waals surface area contributed by atoms with Gasteiger partial charge in [0.25, 0.3) is 5.56 Å². The molecule has 0 bridgehead atoms. The molecule has 0 N–H and O–H groups in total. The zero-order valence-electron chi connectivity index (χ0n) is 18.2. The lowest BCUT2D eigenvalue weighted by Gasteiger charge is -2.15. The number of alkyl halides is 6. The predicted molar refractivity (Wildman–Crippen MR) is 118 cm³/mol. The Kier molecular flexibility index (Phi) is 7.74. The molecule has 0 spiro atoms. The Bertz CT molecular complexity index is 1490. The van der Waals surface area contributed by atoms with Crippen LogP contribution < -0.4 is 9.74 Å². The summed E-state index contributed by atoms with van der Waals surface area (Å²) in [7, 11) is -5.45. The largest absolute Gasteiger partial charge is 0.461 e. The molecule has 0 saturated heterocycles. The average molecular weight is 615 g/mol. The fourth-order valence-corrected chi connectivity index (χ4v) is 4.26. The first-order valence-corrected chi connectivity index (χ1v) is 12.0. The number of aromatic nitrogens is 2. The Morgan fingerprint density at radius 2 is 1.59 bits per heavy atom. The van der Waals surface area contributed by atoms with E-state index >= 15 is 0 Å². The maximum absolute atomic E-state index is 13.2. The van der Waals surface area contributed by atoms with E-state index in [0.29, 0.717) is 15.2 Å². The van der Waals surface area contributed by atoms with Crippen LogP contribution in [-0.2, 0) is 27.2 Å². The van der Waals surface area contributed by atoms with Crippen molar-refractivity contribution in [1.82, 2.24) is 9.78 Å². The standard InChI is InChI=1S/C21H13BrF6N2O6S/c1-2-35-19(32)18-16(10-17(31)30(29-18)14-5-3-4-13(22)9-14)36-37(33,34)15-7-11(20(23,24)25)6-12(8-15)21(26,27)28/h3-10H,2H2,1H3. The first-order chi connectivity index (χ1) is 17.0. The maximum atomic E-state index is 13.2. The Morgan fingerprint density at radius 1 is 1.00 bits per heavy atom. The first-order valence-electron chi connectivity index (χ1n) is 9.84. The number of esters is 1. The number of carbonyl (C=O) groups excluding carboxylic acids is 1. The van der Waals surface area contributed by atoms with Crippen LogP contribution in [0.15, 0.2) is 62.7 Å². The summed E-state index contributed by atoms with van der Waals surface area (Å²) in [6.45, 7) is 1.16. The summed E-state index contributed by atoms with van der Waals surface area (Å²) in [5.41, 5.74) is -5.65. The third-order valence-corrected chi connectivity index (χ3v) is 6.17. The molecule has 0 fully saturated rings. The average Bonchev–Trinajstić information content (AvgIpc) is 2.77. The first kappa shape index (κ1) is 28.2. The van der Waals surface area contributed by atoms with Gasteiger partial charge in [0, 0.05) is 4.47 Å². The third kappa shape index (κ3) is 6.49. The van der Waals surface area contributed by atoms with Crippen LogP contribution in [0.4, 0.5) is 26.3 Å². The lowest BCUT2D eigenvalue weighted by atomic mass is 10.1. The molecule has 198 valence electrons. The van der Waals surface area contributed by atoms with Gasteiger partial charge in [-0.05, 0) is 43.3 Å². The van der Waals surface area contributed by atoms with Crippen LogP contribution in [0.5, 0.6) is 5.75 Å².